The van der Waals surface area contributed by atoms with Crippen LogP contribution in [-0.4, -0.2) is 24.5 Å². The maximum Gasteiger partial charge on any atom is 0.254 e. The quantitative estimate of drug-likeness (QED) is 0.612. The Labute approximate surface area is 98.6 Å². The predicted molar refractivity (Wildman–Crippen MR) is 66.1 cm³/mol. The Morgan fingerprint density at radius 3 is 2.94 bits per heavy atom. The summed E-state index contributed by atoms with van der Waals surface area (Å²) >= 11 is 1.71. The molecular formula is C11H15FN2OS. The van der Waals surface area contributed by atoms with Gasteiger partial charge in [-0.3, -0.25) is 4.79 Å². The van der Waals surface area contributed by atoms with Crippen molar-refractivity contribution < 1.29 is 9.18 Å². The number of hydrogen-bond donors (Lipinski definition) is 2. The van der Waals surface area contributed by atoms with Gasteiger partial charge in [-0.25, -0.2) is 4.39 Å². The summed E-state index contributed by atoms with van der Waals surface area (Å²) in [5.41, 5.74) is 5.75. The first kappa shape index (κ1) is 12.8. The highest BCUT2D eigenvalue weighted by Gasteiger charge is 2.10. The third kappa shape index (κ3) is 3.73. The minimum Gasteiger partial charge on any atom is -0.399 e. The van der Waals surface area contributed by atoms with Gasteiger partial charge in [-0.1, -0.05) is 0 Å². The standard InChI is InChI=1S/C11H15FN2OS/c1-16-6-2-5-14-11(15)9-4-3-8(13)7-10(9)12/h3-4,7H,2,5-6,13H2,1H3,(H,14,15). The highest BCUT2D eigenvalue weighted by atomic mass is 32.2. The Hall–Kier alpha value is -1.23. The molecule has 0 heterocycles. The molecule has 0 atom stereocenters. The number of carbonyl (C=O) groups excluding carboxylic acids is 1. The third-order valence-electron chi connectivity index (χ3n) is 2.05. The van der Waals surface area contributed by atoms with Crippen molar-refractivity contribution in [2.75, 3.05) is 24.3 Å². The van der Waals surface area contributed by atoms with Gasteiger partial charge in [-0.2, -0.15) is 11.8 Å². The number of carbonyl (C=O) groups is 1. The van der Waals surface area contributed by atoms with Crippen LogP contribution in [0, 0.1) is 5.82 Å². The Balaban J connectivity index is 2.53. The lowest BCUT2D eigenvalue weighted by Crippen LogP contribution is -2.25. The summed E-state index contributed by atoms with van der Waals surface area (Å²) in [7, 11) is 0. The second-order valence-corrected chi connectivity index (χ2v) is 4.33. The highest BCUT2D eigenvalue weighted by molar-refractivity contribution is 7.98. The van der Waals surface area contributed by atoms with Gasteiger partial charge in [0.05, 0.1) is 5.56 Å². The lowest BCUT2D eigenvalue weighted by atomic mass is 10.2. The summed E-state index contributed by atoms with van der Waals surface area (Å²) in [4.78, 5) is 11.5. The van der Waals surface area contributed by atoms with Gasteiger partial charge in [-0.15, -0.1) is 0 Å². The van der Waals surface area contributed by atoms with Crippen molar-refractivity contribution in [3.8, 4) is 0 Å². The fourth-order valence-corrected chi connectivity index (χ4v) is 1.66. The van der Waals surface area contributed by atoms with E-state index in [1.807, 2.05) is 6.26 Å². The van der Waals surface area contributed by atoms with Crippen LogP contribution in [0.1, 0.15) is 16.8 Å². The van der Waals surface area contributed by atoms with E-state index in [2.05, 4.69) is 5.32 Å². The highest BCUT2D eigenvalue weighted by Crippen LogP contribution is 2.11. The van der Waals surface area contributed by atoms with Crippen molar-refractivity contribution in [2.24, 2.45) is 0 Å². The van der Waals surface area contributed by atoms with Crippen molar-refractivity contribution >= 4 is 23.4 Å². The number of amides is 1. The SMILES string of the molecule is CSCCCNC(=O)c1ccc(N)cc1F. The summed E-state index contributed by atoms with van der Waals surface area (Å²) in [5.74, 6) is 0.00536. The zero-order chi connectivity index (χ0) is 12.0. The summed E-state index contributed by atoms with van der Waals surface area (Å²) in [6.45, 7) is 0.559. The topological polar surface area (TPSA) is 55.1 Å². The molecule has 1 rings (SSSR count). The molecule has 16 heavy (non-hydrogen) atoms. The lowest BCUT2D eigenvalue weighted by Gasteiger charge is -2.05. The Bertz CT molecular complexity index is 371. The van der Waals surface area contributed by atoms with Gasteiger partial charge in [0.15, 0.2) is 0 Å². The number of anilines is 1. The number of hydrogen-bond acceptors (Lipinski definition) is 3. The van der Waals surface area contributed by atoms with Gasteiger partial charge in [0.25, 0.3) is 5.91 Å². The van der Waals surface area contributed by atoms with Crippen molar-refractivity contribution in [2.45, 2.75) is 6.42 Å². The first-order valence-corrected chi connectivity index (χ1v) is 6.36. The second kappa shape index (κ2) is 6.37. The van der Waals surface area contributed by atoms with Crippen LogP contribution in [0.4, 0.5) is 10.1 Å². The molecule has 3 N–H and O–H groups in total. The molecule has 0 aliphatic rings. The average molecular weight is 242 g/mol. The van der Waals surface area contributed by atoms with E-state index >= 15 is 0 Å². The molecule has 0 radical (unpaired) electrons. The average Bonchev–Trinajstić information content (AvgIpc) is 2.24. The van der Waals surface area contributed by atoms with E-state index < -0.39 is 11.7 Å². The Morgan fingerprint density at radius 1 is 1.56 bits per heavy atom. The molecule has 0 fully saturated rings. The van der Waals surface area contributed by atoms with Gasteiger partial charge in [-0.05, 0) is 36.6 Å². The van der Waals surface area contributed by atoms with Crippen LogP contribution in [0.25, 0.3) is 0 Å². The number of nitrogens with two attached hydrogens (primary N) is 1. The van der Waals surface area contributed by atoms with Crippen LogP contribution < -0.4 is 11.1 Å². The Morgan fingerprint density at radius 2 is 2.31 bits per heavy atom. The number of rotatable bonds is 5. The minimum absolute atomic E-state index is 0.0401. The number of halogens is 1. The molecule has 0 bridgehead atoms. The fourth-order valence-electron chi connectivity index (χ4n) is 1.23. The molecule has 1 amide bonds. The molecule has 0 saturated heterocycles. The first-order chi connectivity index (χ1) is 7.65. The van der Waals surface area contributed by atoms with Crippen molar-refractivity contribution in [3.63, 3.8) is 0 Å². The molecule has 1 aromatic rings. The van der Waals surface area contributed by atoms with Crippen molar-refractivity contribution in [1.82, 2.24) is 5.32 Å². The molecule has 0 aromatic heterocycles. The third-order valence-corrected chi connectivity index (χ3v) is 2.75. The van der Waals surface area contributed by atoms with Crippen molar-refractivity contribution in [3.05, 3.63) is 29.6 Å². The first-order valence-electron chi connectivity index (χ1n) is 4.97. The van der Waals surface area contributed by atoms with E-state index in [-0.39, 0.29) is 5.56 Å². The Kier molecular flexibility index (Phi) is 5.11. The van der Waals surface area contributed by atoms with E-state index in [9.17, 15) is 9.18 Å². The molecular weight excluding hydrogens is 227 g/mol. The van der Waals surface area contributed by atoms with E-state index in [0.717, 1.165) is 18.2 Å². The smallest absolute Gasteiger partial charge is 0.254 e. The molecule has 1 aromatic carbocycles. The molecule has 0 unspecified atom stereocenters. The maximum absolute atomic E-state index is 13.3. The maximum atomic E-state index is 13.3. The molecule has 0 aliphatic carbocycles. The van der Waals surface area contributed by atoms with Gasteiger partial charge >= 0.3 is 0 Å². The summed E-state index contributed by atoms with van der Waals surface area (Å²) in [6.07, 6.45) is 2.88. The van der Waals surface area contributed by atoms with Gasteiger partial charge in [0, 0.05) is 12.2 Å². The minimum atomic E-state index is -0.581. The number of nitrogens with one attached hydrogen (secondary N) is 1. The molecule has 0 saturated carbocycles. The number of thioether (sulfide) groups is 1. The van der Waals surface area contributed by atoms with E-state index in [1.165, 1.54) is 12.1 Å². The van der Waals surface area contributed by atoms with Crippen LogP contribution in [0.2, 0.25) is 0 Å². The van der Waals surface area contributed by atoms with Gasteiger partial charge in [0.2, 0.25) is 0 Å². The fraction of sp³-hybridized carbons (Fsp3) is 0.364. The van der Waals surface area contributed by atoms with Crippen LogP contribution in [0.5, 0.6) is 0 Å². The van der Waals surface area contributed by atoms with Crippen molar-refractivity contribution in [1.29, 1.82) is 0 Å². The predicted octanol–water partition coefficient (Wildman–Crippen LogP) is 1.89. The van der Waals surface area contributed by atoms with Crippen LogP contribution in [0.15, 0.2) is 18.2 Å². The summed E-state index contributed by atoms with van der Waals surface area (Å²) in [5, 5.41) is 2.66. The van der Waals surface area contributed by atoms with Gasteiger partial charge < -0.3 is 11.1 Å². The number of benzene rings is 1. The zero-order valence-corrected chi connectivity index (χ0v) is 9.94. The second-order valence-electron chi connectivity index (χ2n) is 3.34. The lowest BCUT2D eigenvalue weighted by molar-refractivity contribution is 0.0950. The van der Waals surface area contributed by atoms with Crippen LogP contribution >= 0.6 is 11.8 Å². The van der Waals surface area contributed by atoms with Crippen LogP contribution in [0.3, 0.4) is 0 Å². The normalized spacial score (nSPS) is 10.1. The van der Waals surface area contributed by atoms with Gasteiger partial charge in [0.1, 0.15) is 5.82 Å². The summed E-state index contributed by atoms with van der Waals surface area (Å²) < 4.78 is 13.3. The zero-order valence-electron chi connectivity index (χ0n) is 9.13. The molecule has 88 valence electrons. The largest absolute Gasteiger partial charge is 0.399 e. The monoisotopic (exact) mass is 242 g/mol. The molecule has 0 spiro atoms. The van der Waals surface area contributed by atoms with E-state index in [1.54, 1.807) is 11.8 Å². The number of nitrogen functional groups attached to an aromatic ring is 1. The molecule has 3 nitrogen and oxygen atoms in total. The molecule has 5 heteroatoms. The van der Waals surface area contributed by atoms with E-state index in [0.29, 0.717) is 12.2 Å². The van der Waals surface area contributed by atoms with Crippen LogP contribution in [-0.2, 0) is 0 Å². The molecule has 0 aliphatic heterocycles. The summed E-state index contributed by atoms with van der Waals surface area (Å²) in [6, 6.07) is 4.06. The van der Waals surface area contributed by atoms with E-state index in [4.69, 9.17) is 5.73 Å².